The molecule has 9 aromatic rings. The molecular weight excluding hydrogens is 1440 g/mol. The normalized spacial score (nSPS) is 20.7. The third-order valence-electron chi connectivity index (χ3n) is 16.6. The number of aryl methyl sites for hydroxylation is 3. The monoisotopic (exact) mass is 1510 g/mol. The number of amides is 3. The van der Waals surface area contributed by atoms with E-state index in [1.807, 2.05) is 78.3 Å². The quantitative estimate of drug-likeness (QED) is 0.0666. The molecule has 3 fully saturated rings. The minimum atomic E-state index is -3.89. The summed E-state index contributed by atoms with van der Waals surface area (Å²) in [5, 5.41) is 20.2. The van der Waals surface area contributed by atoms with Crippen LogP contribution in [0.25, 0.3) is 31.3 Å². The number of hydrogen-bond donors (Lipinski definition) is 6. The Labute approximate surface area is 586 Å². The van der Waals surface area contributed by atoms with Gasteiger partial charge in [0.2, 0.25) is 17.7 Å². The molecule has 3 aliphatic heterocycles. The molecule has 24 nitrogen and oxygen atoms in total. The van der Waals surface area contributed by atoms with Crippen molar-refractivity contribution in [3.8, 4) is 31.3 Å². The van der Waals surface area contributed by atoms with E-state index < -0.39 is 102 Å². The summed E-state index contributed by atoms with van der Waals surface area (Å²) in [6.45, 7) is 5.88. The first-order chi connectivity index (χ1) is 45.2. The van der Waals surface area contributed by atoms with Crippen LogP contribution in [0.4, 0.5) is 30.2 Å². The smallest absolute Gasteiger partial charge is 0.280 e. The van der Waals surface area contributed by atoms with Gasteiger partial charge in [-0.05, 0) is 131 Å². The van der Waals surface area contributed by atoms with E-state index in [0.29, 0.717) is 0 Å². The average Bonchev–Trinajstić information content (AvgIpc) is 1.75. The Hall–Kier alpha value is -6.93. The van der Waals surface area contributed by atoms with Crippen molar-refractivity contribution >= 4 is 134 Å². The van der Waals surface area contributed by atoms with Crippen molar-refractivity contribution < 1.29 is 52.8 Å². The first kappa shape index (κ1) is 74.3. The van der Waals surface area contributed by atoms with Gasteiger partial charge in [0, 0.05) is 122 Å². The fourth-order valence-corrected chi connectivity index (χ4v) is 18.5. The third-order valence-corrected chi connectivity index (χ3v) is 25.9. The van der Waals surface area contributed by atoms with Gasteiger partial charge in [-0.25, -0.2) is 13.2 Å². The van der Waals surface area contributed by atoms with Crippen LogP contribution in [-0.4, -0.2) is 125 Å². The van der Waals surface area contributed by atoms with Crippen molar-refractivity contribution in [1.82, 2.24) is 56.4 Å². The van der Waals surface area contributed by atoms with Gasteiger partial charge in [-0.15, -0.1) is 34.0 Å². The van der Waals surface area contributed by atoms with Gasteiger partial charge in [0.25, 0.3) is 30.6 Å². The van der Waals surface area contributed by atoms with Gasteiger partial charge in [-0.1, -0.05) is 42.2 Å². The van der Waals surface area contributed by atoms with Crippen LogP contribution >= 0.6 is 68.8 Å². The molecule has 12 rings (SSSR count). The molecule has 3 amide bonds. The highest BCUT2D eigenvalue weighted by Gasteiger charge is 2.44. The summed E-state index contributed by atoms with van der Waals surface area (Å²) in [7, 11) is -2.07. The van der Waals surface area contributed by atoms with Crippen molar-refractivity contribution in [1.29, 1.82) is 0 Å². The SMILES string of the molecule is C.Cc1c(-c2ccc(C3CC(C(=O)Nc4ccc(F)c(Cl)c4)N(C)S(=O)(=O)N3)s2)cnn1C.Cc1c(-c2ccc([C@@H]3C[C@H](C(=O)Nc4ccc(F)c(Cl)c4)N(C)S(=O)(=O)N3)s2)cnn1C.Cc1c(-c2ccc([C@H]3C[C@@H](C(=O)Nc4ccc(F)c(Cl)c4)N(C)S(=O)(=O)N3)s2)cnn1C. The number of aromatic nitrogens is 6. The van der Waals surface area contributed by atoms with Gasteiger partial charge in [0.15, 0.2) is 0 Å². The molecule has 0 radical (unpaired) electrons. The molecule has 0 spiro atoms. The molecule has 0 saturated carbocycles. The van der Waals surface area contributed by atoms with E-state index in [4.69, 9.17) is 34.8 Å². The topological polar surface area (TPSA) is 289 Å². The highest BCUT2D eigenvalue weighted by atomic mass is 35.5. The standard InChI is InChI=1S/3C20H21ClFN5O3S2.CH4/c3*1-11-13(10-23-26(11)2)18-6-7-19(31-18)16-9-17(27(3)32(29,30)25-16)20(28)24-12-4-5-15(22)14(21)8-12;/h3*4-8,10,16-17,25H,9H2,1-3H3,(H,24,28);1H4/t2*16-,17+;;/m10../s1. The molecule has 36 heteroatoms. The Kier molecular flexibility index (Phi) is 22.9. The minimum Gasteiger partial charge on any atom is -0.325 e. The maximum atomic E-state index is 13.4. The van der Waals surface area contributed by atoms with Crippen molar-refractivity contribution in [2.75, 3.05) is 37.1 Å². The lowest BCUT2D eigenvalue weighted by Crippen LogP contribution is -2.55. The fraction of sp³-hybridized carbons (Fsp3) is 0.311. The van der Waals surface area contributed by atoms with Gasteiger partial charge >= 0.3 is 0 Å². The van der Waals surface area contributed by atoms with E-state index in [-0.39, 0.29) is 58.8 Å². The molecule has 3 aliphatic rings. The number of likely N-dealkylation sites (N-methyl/N-ethyl adjacent to an activating group) is 3. The molecule has 97 heavy (non-hydrogen) atoms. The first-order valence-electron chi connectivity index (χ1n) is 29.0. The lowest BCUT2D eigenvalue weighted by atomic mass is 10.1. The van der Waals surface area contributed by atoms with Crippen LogP contribution in [0.2, 0.25) is 15.1 Å². The van der Waals surface area contributed by atoms with Crippen LogP contribution in [0.1, 0.15) is 76.5 Å². The van der Waals surface area contributed by atoms with Gasteiger partial charge < -0.3 is 16.0 Å². The summed E-state index contributed by atoms with van der Waals surface area (Å²) in [5.74, 6) is -3.39. The predicted molar refractivity (Wildman–Crippen MR) is 374 cm³/mol. The first-order valence-corrected chi connectivity index (χ1v) is 36.9. The van der Waals surface area contributed by atoms with Crippen LogP contribution in [0.3, 0.4) is 0 Å². The van der Waals surface area contributed by atoms with Gasteiger partial charge in [-0.2, -0.15) is 67.6 Å². The molecule has 0 aliphatic carbocycles. The second kappa shape index (κ2) is 29.9. The molecule has 9 heterocycles. The molecule has 0 bridgehead atoms. The maximum Gasteiger partial charge on any atom is 0.280 e. The number of carbonyl (C=O) groups is 3. The number of rotatable bonds is 12. The number of hydrogen-bond acceptors (Lipinski definition) is 15. The molecule has 518 valence electrons. The van der Waals surface area contributed by atoms with Crippen molar-refractivity contribution in [3.05, 3.63) is 174 Å². The van der Waals surface area contributed by atoms with Gasteiger partial charge in [0.05, 0.1) is 51.8 Å². The molecule has 6 atom stereocenters. The minimum absolute atomic E-state index is 0. The van der Waals surface area contributed by atoms with Crippen LogP contribution in [-0.2, 0) is 66.2 Å². The fourth-order valence-electron chi connectivity index (χ4n) is 10.6. The molecule has 2 unspecified atom stereocenters. The zero-order valence-electron chi connectivity index (χ0n) is 52.4. The van der Waals surface area contributed by atoms with Crippen LogP contribution in [0.15, 0.2) is 110 Å². The summed E-state index contributed by atoms with van der Waals surface area (Å²) >= 11 is 21.7. The van der Waals surface area contributed by atoms with E-state index in [2.05, 4.69) is 45.4 Å². The predicted octanol–water partition coefficient (Wildman–Crippen LogP) is 11.0. The molecule has 3 saturated heterocycles. The van der Waals surface area contributed by atoms with Gasteiger partial charge in [0.1, 0.15) is 35.6 Å². The second-order valence-electron chi connectivity index (χ2n) is 22.6. The summed E-state index contributed by atoms with van der Waals surface area (Å²) in [5.41, 5.74) is 6.77. The maximum absolute atomic E-state index is 13.4. The zero-order valence-corrected chi connectivity index (χ0v) is 59.6. The van der Waals surface area contributed by atoms with E-state index >= 15 is 0 Å². The molecule has 3 aromatic carbocycles. The summed E-state index contributed by atoms with van der Waals surface area (Å²) in [4.78, 5) is 44.0. The number of halogens is 6. The largest absolute Gasteiger partial charge is 0.325 e. The number of thiophene rings is 3. The van der Waals surface area contributed by atoms with Crippen molar-refractivity contribution in [3.63, 3.8) is 0 Å². The summed E-state index contributed by atoms with van der Waals surface area (Å²) < 4.78 is 133. The van der Waals surface area contributed by atoms with Crippen molar-refractivity contribution in [2.45, 2.75) is 83.7 Å². The van der Waals surface area contributed by atoms with Crippen LogP contribution < -0.4 is 30.1 Å². The Morgan fingerprint density at radius 2 is 0.691 bits per heavy atom. The Bertz CT molecular complexity index is 4340. The average molecular weight is 1510 g/mol. The van der Waals surface area contributed by atoms with E-state index in [9.17, 15) is 52.8 Å². The highest BCUT2D eigenvalue weighted by Crippen LogP contribution is 2.41. The second-order valence-corrected chi connectivity index (χ2v) is 32.4. The number of carbonyl (C=O) groups excluding carboxylic acids is 3. The lowest BCUT2D eigenvalue weighted by Gasteiger charge is -2.35. The lowest BCUT2D eigenvalue weighted by molar-refractivity contribution is -0.120. The summed E-state index contributed by atoms with van der Waals surface area (Å²) in [6.07, 6.45) is 5.99. The van der Waals surface area contributed by atoms with E-state index in [1.165, 1.54) is 91.6 Å². The molecule has 6 aromatic heterocycles. The Morgan fingerprint density at radius 3 is 0.907 bits per heavy atom. The van der Waals surface area contributed by atoms with Crippen LogP contribution in [0.5, 0.6) is 0 Å². The zero-order chi connectivity index (χ0) is 69.6. The molecule has 6 N–H and O–H groups in total. The molecular formula is C61H67Cl3F3N15O9S6. The number of nitrogens with zero attached hydrogens (tertiary/aromatic N) is 9. The van der Waals surface area contributed by atoms with E-state index in [1.54, 1.807) is 32.6 Å². The van der Waals surface area contributed by atoms with Crippen LogP contribution in [0, 0.1) is 38.2 Å². The Morgan fingerprint density at radius 1 is 0.443 bits per heavy atom. The number of anilines is 3. The van der Waals surface area contributed by atoms with E-state index in [0.717, 1.165) is 94.1 Å². The number of nitrogens with one attached hydrogen (secondary N) is 6. The van der Waals surface area contributed by atoms with Gasteiger partial charge in [-0.3, -0.25) is 28.4 Å². The number of benzene rings is 3. The third kappa shape index (κ3) is 16.4. The summed E-state index contributed by atoms with van der Waals surface area (Å²) in [6, 6.07) is 18.1. The van der Waals surface area contributed by atoms with Crippen molar-refractivity contribution in [2.24, 2.45) is 21.1 Å². The highest BCUT2D eigenvalue weighted by molar-refractivity contribution is 7.87. The Balaban J connectivity index is 0.000000170.